The van der Waals surface area contributed by atoms with Gasteiger partial charge in [-0.25, -0.2) is 0 Å². The zero-order valence-corrected chi connectivity index (χ0v) is 13.6. The fourth-order valence-electron chi connectivity index (χ4n) is 5.16. The van der Waals surface area contributed by atoms with Crippen LogP contribution in [-0.4, -0.2) is 15.0 Å². The Hall–Kier alpha value is -0.261. The molecule has 0 amide bonds. The van der Waals surface area contributed by atoms with Gasteiger partial charge in [-0.2, -0.15) is 0 Å². The van der Waals surface area contributed by atoms with Gasteiger partial charge in [0.05, 0.1) is 0 Å². The van der Waals surface area contributed by atoms with E-state index in [2.05, 4.69) is 37.3 Å². The number of benzene rings is 1. The third kappa shape index (κ3) is 1.85. The summed E-state index contributed by atoms with van der Waals surface area (Å²) in [6.07, 6.45) is 10.7. The van der Waals surface area contributed by atoms with Crippen molar-refractivity contribution >= 4 is 19.4 Å². The van der Waals surface area contributed by atoms with Gasteiger partial charge in [-0.05, 0) is 0 Å². The van der Waals surface area contributed by atoms with E-state index in [1.807, 2.05) is 0 Å². The molecule has 0 bridgehead atoms. The zero-order valence-electron chi connectivity index (χ0n) is 11.9. The SMILES string of the molecule is C[C@@]12CCCC[C@@]13C[C@H]3C([Se]c1ccccc1)CC2. The molecule has 1 heteroatoms. The first-order valence-electron chi connectivity index (χ1n) is 7.95. The van der Waals surface area contributed by atoms with Crippen LogP contribution in [0, 0.1) is 16.7 Å². The predicted octanol–water partition coefficient (Wildman–Crippen LogP) is 4.19. The van der Waals surface area contributed by atoms with Crippen LogP contribution < -0.4 is 4.46 Å². The molecule has 4 atom stereocenters. The van der Waals surface area contributed by atoms with E-state index in [-0.39, 0.29) is 0 Å². The van der Waals surface area contributed by atoms with Gasteiger partial charge in [0.2, 0.25) is 0 Å². The normalized spacial score (nSPS) is 44.3. The Balaban J connectivity index is 1.53. The van der Waals surface area contributed by atoms with E-state index in [9.17, 15) is 0 Å². The van der Waals surface area contributed by atoms with Crippen LogP contribution in [0.5, 0.6) is 0 Å². The van der Waals surface area contributed by atoms with Crippen LogP contribution in [0.25, 0.3) is 0 Å². The van der Waals surface area contributed by atoms with Gasteiger partial charge in [0.25, 0.3) is 0 Å². The molecule has 0 aromatic heterocycles. The molecule has 0 radical (unpaired) electrons. The molecule has 3 aliphatic rings. The first-order chi connectivity index (χ1) is 9.24. The van der Waals surface area contributed by atoms with Crippen molar-refractivity contribution in [1.82, 2.24) is 0 Å². The molecule has 102 valence electrons. The molecule has 4 rings (SSSR count). The van der Waals surface area contributed by atoms with Gasteiger partial charge >= 0.3 is 123 Å². The van der Waals surface area contributed by atoms with Gasteiger partial charge in [-0.3, -0.25) is 0 Å². The molecule has 3 fully saturated rings. The molecule has 1 aromatic rings. The molecule has 0 heterocycles. The van der Waals surface area contributed by atoms with Crippen LogP contribution in [0.15, 0.2) is 30.3 Å². The number of hydrogen-bond donors (Lipinski definition) is 0. The average Bonchev–Trinajstić information content (AvgIpc) is 3.17. The van der Waals surface area contributed by atoms with E-state index in [1.165, 1.54) is 32.1 Å². The Bertz CT molecular complexity index is 468. The van der Waals surface area contributed by atoms with Crippen LogP contribution in [0.2, 0.25) is 4.82 Å². The first-order valence-corrected chi connectivity index (χ1v) is 9.80. The standard InChI is InChI=1S/C18H24Se/c1-17-10-5-6-11-18(17)13-15(18)16(9-12-17)19-14-7-3-2-4-8-14/h2-4,7-8,15-16H,5-6,9-13H2,1H3/t15-,16?,17-,18-/m0/s1. The predicted molar refractivity (Wildman–Crippen MR) is 81.9 cm³/mol. The van der Waals surface area contributed by atoms with Crippen LogP contribution in [0.4, 0.5) is 0 Å². The van der Waals surface area contributed by atoms with E-state index >= 15 is 0 Å². The van der Waals surface area contributed by atoms with E-state index < -0.39 is 0 Å². The van der Waals surface area contributed by atoms with Crippen LogP contribution in [0.3, 0.4) is 0 Å². The molecular formula is C18H24Se. The third-order valence-corrected chi connectivity index (χ3v) is 9.36. The molecule has 1 spiro atoms. The van der Waals surface area contributed by atoms with Gasteiger partial charge in [0.15, 0.2) is 0 Å². The van der Waals surface area contributed by atoms with Gasteiger partial charge in [0, 0.05) is 0 Å². The van der Waals surface area contributed by atoms with E-state index in [1.54, 1.807) is 17.3 Å². The topological polar surface area (TPSA) is 0 Å². The van der Waals surface area contributed by atoms with Crippen molar-refractivity contribution in [3.63, 3.8) is 0 Å². The van der Waals surface area contributed by atoms with Crippen LogP contribution in [0.1, 0.15) is 51.9 Å². The Kier molecular flexibility index (Phi) is 2.87. The molecular weight excluding hydrogens is 295 g/mol. The number of rotatable bonds is 2. The number of hydrogen-bond acceptors (Lipinski definition) is 0. The second kappa shape index (κ2) is 4.37. The maximum absolute atomic E-state index is 2.62. The van der Waals surface area contributed by atoms with Crippen LogP contribution >= 0.6 is 0 Å². The van der Waals surface area contributed by atoms with Gasteiger partial charge < -0.3 is 0 Å². The quantitative estimate of drug-likeness (QED) is 0.717. The minimum atomic E-state index is 0.716. The van der Waals surface area contributed by atoms with Crippen molar-refractivity contribution in [2.75, 3.05) is 0 Å². The Morgan fingerprint density at radius 1 is 1.05 bits per heavy atom. The molecule has 0 N–H and O–H groups in total. The molecule has 1 unspecified atom stereocenters. The molecule has 1 aromatic carbocycles. The molecule has 3 saturated carbocycles. The summed E-state index contributed by atoms with van der Waals surface area (Å²) in [5.41, 5.74) is 1.52. The summed E-state index contributed by atoms with van der Waals surface area (Å²) in [6, 6.07) is 11.3. The van der Waals surface area contributed by atoms with Crippen molar-refractivity contribution < 1.29 is 0 Å². The Morgan fingerprint density at radius 2 is 1.84 bits per heavy atom. The first kappa shape index (κ1) is 12.5. The molecule has 0 saturated heterocycles. The molecule has 0 nitrogen and oxygen atoms in total. The summed E-state index contributed by atoms with van der Waals surface area (Å²) in [5, 5.41) is 0. The van der Waals surface area contributed by atoms with Crippen molar-refractivity contribution in [2.24, 2.45) is 16.7 Å². The zero-order chi connectivity index (χ0) is 12.9. The molecule has 19 heavy (non-hydrogen) atoms. The van der Waals surface area contributed by atoms with Crippen molar-refractivity contribution in [3.8, 4) is 0 Å². The Labute approximate surface area is 123 Å². The maximum atomic E-state index is 2.62. The molecule has 0 aliphatic heterocycles. The third-order valence-electron chi connectivity index (χ3n) is 6.40. The van der Waals surface area contributed by atoms with Crippen molar-refractivity contribution in [1.29, 1.82) is 0 Å². The fraction of sp³-hybridized carbons (Fsp3) is 0.667. The average molecular weight is 319 g/mol. The van der Waals surface area contributed by atoms with E-state index in [0.29, 0.717) is 15.0 Å². The van der Waals surface area contributed by atoms with Crippen molar-refractivity contribution in [3.05, 3.63) is 30.3 Å². The second-order valence-electron chi connectivity index (χ2n) is 7.24. The van der Waals surface area contributed by atoms with Crippen molar-refractivity contribution in [2.45, 2.75) is 56.7 Å². The summed E-state index contributed by atoms with van der Waals surface area (Å²) in [6.45, 7) is 2.62. The van der Waals surface area contributed by atoms with Gasteiger partial charge in [0.1, 0.15) is 0 Å². The summed E-state index contributed by atoms with van der Waals surface area (Å²) in [4.78, 5) is 1.04. The van der Waals surface area contributed by atoms with Gasteiger partial charge in [-0.15, -0.1) is 0 Å². The summed E-state index contributed by atoms with van der Waals surface area (Å²) < 4.78 is 1.63. The molecule has 3 aliphatic carbocycles. The van der Waals surface area contributed by atoms with Crippen LogP contribution in [-0.2, 0) is 0 Å². The second-order valence-corrected chi connectivity index (χ2v) is 10.00. The summed E-state index contributed by atoms with van der Waals surface area (Å²) in [7, 11) is 0. The van der Waals surface area contributed by atoms with Gasteiger partial charge in [-0.1, -0.05) is 0 Å². The van der Waals surface area contributed by atoms with E-state index in [0.717, 1.165) is 21.6 Å². The fourth-order valence-corrected chi connectivity index (χ4v) is 8.14. The summed E-state index contributed by atoms with van der Waals surface area (Å²) >= 11 is 0.716. The van der Waals surface area contributed by atoms with E-state index in [4.69, 9.17) is 0 Å². The monoisotopic (exact) mass is 320 g/mol. The minimum absolute atomic E-state index is 0.716. The summed E-state index contributed by atoms with van der Waals surface area (Å²) in [5.74, 6) is 1.09. The Morgan fingerprint density at radius 3 is 2.68 bits per heavy atom.